The highest BCUT2D eigenvalue weighted by Crippen LogP contribution is 2.26. The summed E-state index contributed by atoms with van der Waals surface area (Å²) in [5.74, 6) is 0. The molecule has 3 heterocycles. The van der Waals surface area contributed by atoms with Crippen LogP contribution in [0.5, 0.6) is 0 Å². The highest BCUT2D eigenvalue weighted by Gasteiger charge is 2.12. The number of rotatable bonds is 4. The van der Waals surface area contributed by atoms with Gasteiger partial charge in [0.05, 0.1) is 19.1 Å². The van der Waals surface area contributed by atoms with Crippen LogP contribution in [0.1, 0.15) is 11.3 Å². The van der Waals surface area contributed by atoms with Crippen LogP contribution in [0.4, 0.5) is 0 Å². The molecule has 0 saturated carbocycles. The van der Waals surface area contributed by atoms with E-state index in [0.29, 0.717) is 5.15 Å². The molecule has 0 spiro atoms. The van der Waals surface area contributed by atoms with Gasteiger partial charge in [-0.15, -0.1) is 11.3 Å². The molecular formula is C15H13ClN4OS. The predicted octanol–water partition coefficient (Wildman–Crippen LogP) is 3.97. The number of ether oxygens (including phenoxy) is 1. The Balaban J connectivity index is 2.09. The van der Waals surface area contributed by atoms with Gasteiger partial charge < -0.3 is 4.74 Å². The maximum absolute atomic E-state index is 6.26. The SMILES string of the molecule is CO/C=C/c1c(-n2ccc(-c3nccs3)n2)cc(C)nc1Cl. The van der Waals surface area contributed by atoms with Gasteiger partial charge in [-0.3, -0.25) is 0 Å². The van der Waals surface area contributed by atoms with E-state index in [1.807, 2.05) is 30.6 Å². The topological polar surface area (TPSA) is 52.8 Å². The predicted molar refractivity (Wildman–Crippen MR) is 88.3 cm³/mol. The second kappa shape index (κ2) is 6.29. The van der Waals surface area contributed by atoms with Gasteiger partial charge in [0, 0.05) is 29.0 Å². The average molecular weight is 333 g/mol. The summed E-state index contributed by atoms with van der Waals surface area (Å²) in [5.41, 5.74) is 3.24. The van der Waals surface area contributed by atoms with Gasteiger partial charge in [0.25, 0.3) is 0 Å². The lowest BCUT2D eigenvalue weighted by molar-refractivity contribution is 0.341. The summed E-state index contributed by atoms with van der Waals surface area (Å²) < 4.78 is 6.75. The molecule has 3 aromatic heterocycles. The zero-order valence-electron chi connectivity index (χ0n) is 12.0. The van der Waals surface area contributed by atoms with Crippen LogP contribution in [0, 0.1) is 6.92 Å². The number of thiazole rings is 1. The fraction of sp³-hybridized carbons (Fsp3) is 0.133. The van der Waals surface area contributed by atoms with Crippen molar-refractivity contribution in [2.75, 3.05) is 7.11 Å². The molecule has 0 aliphatic carbocycles. The first kappa shape index (κ1) is 14.7. The van der Waals surface area contributed by atoms with Crippen LogP contribution < -0.4 is 0 Å². The van der Waals surface area contributed by atoms with Crippen LogP contribution in [-0.4, -0.2) is 26.9 Å². The highest BCUT2D eigenvalue weighted by atomic mass is 35.5. The van der Waals surface area contributed by atoms with Gasteiger partial charge in [-0.05, 0) is 25.1 Å². The van der Waals surface area contributed by atoms with E-state index in [2.05, 4.69) is 15.1 Å². The van der Waals surface area contributed by atoms with Gasteiger partial charge in [0.2, 0.25) is 0 Å². The zero-order chi connectivity index (χ0) is 15.5. The van der Waals surface area contributed by atoms with Crippen molar-refractivity contribution in [3.8, 4) is 16.4 Å². The van der Waals surface area contributed by atoms with Crippen LogP contribution in [0.15, 0.2) is 36.2 Å². The average Bonchev–Trinajstić information content (AvgIpc) is 3.16. The smallest absolute Gasteiger partial charge is 0.143 e. The van der Waals surface area contributed by atoms with Gasteiger partial charge in [-0.25, -0.2) is 14.6 Å². The molecule has 0 aliphatic heterocycles. The second-order valence-corrected chi connectivity index (χ2v) is 5.76. The van der Waals surface area contributed by atoms with Gasteiger partial charge in [-0.2, -0.15) is 5.10 Å². The van der Waals surface area contributed by atoms with Crippen LogP contribution in [0.25, 0.3) is 22.5 Å². The summed E-state index contributed by atoms with van der Waals surface area (Å²) in [6.07, 6.45) is 6.98. The number of halogens is 1. The van der Waals surface area contributed by atoms with Crippen molar-refractivity contribution < 1.29 is 4.74 Å². The molecule has 3 rings (SSSR count). The van der Waals surface area contributed by atoms with E-state index in [1.165, 1.54) is 0 Å². The molecule has 0 bridgehead atoms. The lowest BCUT2D eigenvalue weighted by Crippen LogP contribution is -2.01. The van der Waals surface area contributed by atoms with E-state index in [1.54, 1.807) is 41.7 Å². The molecule has 5 nitrogen and oxygen atoms in total. The molecule has 0 saturated heterocycles. The normalized spacial score (nSPS) is 11.2. The molecule has 0 unspecified atom stereocenters. The molecule has 7 heteroatoms. The van der Waals surface area contributed by atoms with E-state index in [0.717, 1.165) is 27.6 Å². The number of pyridine rings is 1. The van der Waals surface area contributed by atoms with E-state index in [4.69, 9.17) is 16.3 Å². The van der Waals surface area contributed by atoms with Crippen LogP contribution in [-0.2, 0) is 4.74 Å². The van der Waals surface area contributed by atoms with Crippen molar-refractivity contribution in [2.45, 2.75) is 6.92 Å². The van der Waals surface area contributed by atoms with Gasteiger partial charge in [0.15, 0.2) is 0 Å². The van der Waals surface area contributed by atoms with Crippen molar-refractivity contribution in [2.24, 2.45) is 0 Å². The Morgan fingerprint density at radius 3 is 3.00 bits per heavy atom. The Hall–Kier alpha value is -2.18. The number of hydrogen-bond acceptors (Lipinski definition) is 5. The first-order valence-electron chi connectivity index (χ1n) is 6.51. The minimum absolute atomic E-state index is 0.412. The third-order valence-electron chi connectivity index (χ3n) is 2.98. The number of nitrogens with zero attached hydrogens (tertiary/aromatic N) is 4. The monoisotopic (exact) mass is 332 g/mol. The Bertz CT molecular complexity index is 811. The molecule has 0 aliphatic rings. The van der Waals surface area contributed by atoms with Crippen molar-refractivity contribution in [3.63, 3.8) is 0 Å². The largest absolute Gasteiger partial charge is 0.504 e. The van der Waals surface area contributed by atoms with E-state index in [-0.39, 0.29) is 0 Å². The summed E-state index contributed by atoms with van der Waals surface area (Å²) >= 11 is 7.81. The molecule has 0 amide bonds. The van der Waals surface area contributed by atoms with Crippen molar-refractivity contribution in [3.05, 3.63) is 52.6 Å². The molecule has 0 atom stereocenters. The van der Waals surface area contributed by atoms with Crippen molar-refractivity contribution in [1.29, 1.82) is 0 Å². The third kappa shape index (κ3) is 2.88. The first-order chi connectivity index (χ1) is 10.7. The summed E-state index contributed by atoms with van der Waals surface area (Å²) in [7, 11) is 1.58. The second-order valence-electron chi connectivity index (χ2n) is 4.51. The number of hydrogen-bond donors (Lipinski definition) is 0. The molecule has 0 N–H and O–H groups in total. The number of aryl methyl sites for hydroxylation is 1. The Morgan fingerprint density at radius 1 is 1.41 bits per heavy atom. The minimum Gasteiger partial charge on any atom is -0.504 e. The summed E-state index contributed by atoms with van der Waals surface area (Å²) in [5, 5.41) is 7.79. The lowest BCUT2D eigenvalue weighted by atomic mass is 10.2. The number of methoxy groups -OCH3 is 1. The van der Waals surface area contributed by atoms with Crippen LogP contribution in [0.3, 0.4) is 0 Å². The maximum atomic E-state index is 6.26. The molecule has 0 aromatic carbocycles. The zero-order valence-corrected chi connectivity index (χ0v) is 13.6. The van der Waals surface area contributed by atoms with Crippen LogP contribution >= 0.6 is 22.9 Å². The Kier molecular flexibility index (Phi) is 4.22. The Morgan fingerprint density at radius 2 is 2.27 bits per heavy atom. The van der Waals surface area contributed by atoms with Crippen LogP contribution in [0.2, 0.25) is 5.15 Å². The molecule has 0 fully saturated rings. The molecule has 22 heavy (non-hydrogen) atoms. The first-order valence-corrected chi connectivity index (χ1v) is 7.77. The molecular weight excluding hydrogens is 320 g/mol. The fourth-order valence-corrected chi connectivity index (χ4v) is 2.93. The quantitative estimate of drug-likeness (QED) is 0.536. The molecule has 3 aromatic rings. The van der Waals surface area contributed by atoms with E-state index < -0.39 is 0 Å². The summed E-state index contributed by atoms with van der Waals surface area (Å²) in [6, 6.07) is 3.85. The molecule has 112 valence electrons. The number of aromatic nitrogens is 4. The van der Waals surface area contributed by atoms with Crippen molar-refractivity contribution in [1.82, 2.24) is 19.7 Å². The van der Waals surface area contributed by atoms with E-state index in [9.17, 15) is 0 Å². The lowest BCUT2D eigenvalue weighted by Gasteiger charge is -2.09. The molecule has 0 radical (unpaired) electrons. The van der Waals surface area contributed by atoms with Gasteiger partial charge >= 0.3 is 0 Å². The summed E-state index contributed by atoms with van der Waals surface area (Å²) in [6.45, 7) is 1.89. The third-order valence-corrected chi connectivity index (χ3v) is 4.06. The summed E-state index contributed by atoms with van der Waals surface area (Å²) in [4.78, 5) is 8.55. The maximum Gasteiger partial charge on any atom is 0.143 e. The highest BCUT2D eigenvalue weighted by molar-refractivity contribution is 7.13. The standard InChI is InChI=1S/C15H13ClN4OS/c1-10-9-13(11(4-7-21-2)14(16)18-10)20-6-3-12(19-20)15-17-5-8-22-15/h3-9H,1-2H3/b7-4+. The van der Waals surface area contributed by atoms with Gasteiger partial charge in [-0.1, -0.05) is 11.6 Å². The fourth-order valence-electron chi connectivity index (χ4n) is 2.03. The Labute approximate surface area is 136 Å². The van der Waals surface area contributed by atoms with Gasteiger partial charge in [0.1, 0.15) is 15.9 Å². The minimum atomic E-state index is 0.412. The van der Waals surface area contributed by atoms with E-state index >= 15 is 0 Å². The van der Waals surface area contributed by atoms with Crippen molar-refractivity contribution >= 4 is 29.0 Å².